The third-order valence-electron chi connectivity index (χ3n) is 3.33. The Morgan fingerprint density at radius 2 is 1.61 bits per heavy atom. The number of aliphatic hydroxyl groups excluding tert-OH is 1. The number of hydrogen-bond acceptors (Lipinski definition) is 2. The maximum Gasteiger partial charge on any atom is 0.118 e. The van der Waals surface area contributed by atoms with E-state index in [0.29, 0.717) is 0 Å². The lowest BCUT2D eigenvalue weighted by molar-refractivity contribution is 0.163. The zero-order valence-electron chi connectivity index (χ0n) is 11.7. The molecule has 1 N–H and O–H groups in total. The smallest absolute Gasteiger partial charge is 0.118 e. The third kappa shape index (κ3) is 5.54. The molecule has 0 heterocycles. The highest BCUT2D eigenvalue weighted by Crippen LogP contribution is 2.22. The quantitative estimate of drug-likeness (QED) is 0.655. The Morgan fingerprint density at radius 1 is 1.00 bits per heavy atom. The van der Waals surface area contributed by atoms with E-state index in [4.69, 9.17) is 4.74 Å². The van der Waals surface area contributed by atoms with Crippen molar-refractivity contribution in [3.63, 3.8) is 0 Å². The minimum atomic E-state index is -0.331. The summed E-state index contributed by atoms with van der Waals surface area (Å²) >= 11 is 0. The predicted molar refractivity (Wildman–Crippen MR) is 75.9 cm³/mol. The Kier molecular flexibility index (Phi) is 7.51. The van der Waals surface area contributed by atoms with Gasteiger partial charge in [0.1, 0.15) is 5.75 Å². The van der Waals surface area contributed by atoms with Crippen LogP contribution in [0.3, 0.4) is 0 Å². The lowest BCUT2D eigenvalue weighted by Gasteiger charge is -2.11. The summed E-state index contributed by atoms with van der Waals surface area (Å²) < 4.78 is 5.10. The van der Waals surface area contributed by atoms with Gasteiger partial charge in [0.05, 0.1) is 13.2 Å². The van der Waals surface area contributed by atoms with Crippen LogP contribution in [0.25, 0.3) is 0 Å². The third-order valence-corrected chi connectivity index (χ3v) is 3.33. The summed E-state index contributed by atoms with van der Waals surface area (Å²) in [5, 5.41) is 10.0. The van der Waals surface area contributed by atoms with Gasteiger partial charge < -0.3 is 9.84 Å². The molecule has 0 saturated carbocycles. The van der Waals surface area contributed by atoms with Crippen molar-refractivity contribution >= 4 is 0 Å². The highest BCUT2D eigenvalue weighted by atomic mass is 16.5. The van der Waals surface area contributed by atoms with E-state index < -0.39 is 0 Å². The molecule has 0 saturated heterocycles. The summed E-state index contributed by atoms with van der Waals surface area (Å²) in [7, 11) is 1.65. The fourth-order valence-electron chi connectivity index (χ4n) is 2.11. The molecule has 0 aromatic heterocycles. The van der Waals surface area contributed by atoms with Crippen molar-refractivity contribution in [2.24, 2.45) is 0 Å². The van der Waals surface area contributed by atoms with Gasteiger partial charge in [-0.05, 0) is 24.1 Å². The summed E-state index contributed by atoms with van der Waals surface area (Å²) in [5.41, 5.74) is 0.990. The van der Waals surface area contributed by atoms with Crippen molar-refractivity contribution in [1.82, 2.24) is 0 Å². The normalized spacial score (nSPS) is 12.4. The molecule has 1 rings (SSSR count). The van der Waals surface area contributed by atoms with Gasteiger partial charge in [0.25, 0.3) is 0 Å². The average Bonchev–Trinajstić information content (AvgIpc) is 2.42. The Balaban J connectivity index is 2.21. The Hall–Kier alpha value is -1.02. The number of unbranched alkanes of at least 4 members (excludes halogenated alkanes) is 5. The largest absolute Gasteiger partial charge is 0.497 e. The molecule has 0 bridgehead atoms. The molecule has 0 amide bonds. The zero-order chi connectivity index (χ0) is 13.2. The van der Waals surface area contributed by atoms with E-state index in [2.05, 4.69) is 6.92 Å². The van der Waals surface area contributed by atoms with Crippen LogP contribution in [0.4, 0.5) is 0 Å². The molecule has 0 radical (unpaired) electrons. The highest BCUT2D eigenvalue weighted by molar-refractivity contribution is 5.28. The Morgan fingerprint density at radius 3 is 2.22 bits per heavy atom. The summed E-state index contributed by atoms with van der Waals surface area (Å²) in [6, 6.07) is 7.70. The molecule has 0 aliphatic heterocycles. The van der Waals surface area contributed by atoms with Crippen molar-refractivity contribution < 1.29 is 9.84 Å². The van der Waals surface area contributed by atoms with Crippen molar-refractivity contribution in [3.8, 4) is 5.75 Å². The Labute approximate surface area is 111 Å². The van der Waals surface area contributed by atoms with E-state index in [-0.39, 0.29) is 6.10 Å². The minimum absolute atomic E-state index is 0.331. The first kappa shape index (κ1) is 15.0. The van der Waals surface area contributed by atoms with E-state index in [0.717, 1.165) is 24.2 Å². The maximum absolute atomic E-state index is 10.0. The molecule has 2 nitrogen and oxygen atoms in total. The molecule has 0 spiro atoms. The number of aliphatic hydroxyl groups is 1. The molecular weight excluding hydrogens is 224 g/mol. The zero-order valence-corrected chi connectivity index (χ0v) is 11.7. The van der Waals surface area contributed by atoms with Gasteiger partial charge in [0.15, 0.2) is 0 Å². The topological polar surface area (TPSA) is 29.5 Å². The fraction of sp³-hybridized carbons (Fsp3) is 0.625. The van der Waals surface area contributed by atoms with Crippen LogP contribution in [0.15, 0.2) is 24.3 Å². The molecule has 2 heteroatoms. The van der Waals surface area contributed by atoms with Gasteiger partial charge in [-0.3, -0.25) is 0 Å². The lowest BCUT2D eigenvalue weighted by atomic mass is 10.0. The van der Waals surface area contributed by atoms with E-state index in [1.54, 1.807) is 7.11 Å². The monoisotopic (exact) mass is 250 g/mol. The number of benzene rings is 1. The Bertz CT molecular complexity index is 305. The van der Waals surface area contributed by atoms with Crippen molar-refractivity contribution in [2.75, 3.05) is 7.11 Å². The minimum Gasteiger partial charge on any atom is -0.497 e. The lowest BCUT2D eigenvalue weighted by Crippen LogP contribution is -1.97. The molecule has 102 valence electrons. The molecule has 0 fully saturated rings. The van der Waals surface area contributed by atoms with Crippen molar-refractivity contribution in [1.29, 1.82) is 0 Å². The van der Waals surface area contributed by atoms with Crippen LogP contribution in [-0.4, -0.2) is 12.2 Å². The molecule has 1 atom stereocenters. The van der Waals surface area contributed by atoms with Crippen LogP contribution < -0.4 is 4.74 Å². The standard InChI is InChI=1S/C16H26O2/c1-3-4-5-6-7-8-9-16(17)14-10-12-15(18-2)13-11-14/h10-13,16-17H,3-9H2,1-2H3. The van der Waals surface area contributed by atoms with Crippen molar-refractivity contribution in [3.05, 3.63) is 29.8 Å². The van der Waals surface area contributed by atoms with Gasteiger partial charge in [0, 0.05) is 0 Å². The second-order valence-corrected chi connectivity index (χ2v) is 4.85. The van der Waals surface area contributed by atoms with E-state index >= 15 is 0 Å². The van der Waals surface area contributed by atoms with Crippen LogP contribution >= 0.6 is 0 Å². The van der Waals surface area contributed by atoms with Gasteiger partial charge >= 0.3 is 0 Å². The van der Waals surface area contributed by atoms with Gasteiger partial charge in [-0.1, -0.05) is 57.6 Å². The summed E-state index contributed by atoms with van der Waals surface area (Å²) in [4.78, 5) is 0. The number of ether oxygens (including phenoxy) is 1. The molecule has 0 aliphatic rings. The van der Waals surface area contributed by atoms with Crippen molar-refractivity contribution in [2.45, 2.75) is 58.0 Å². The van der Waals surface area contributed by atoms with Gasteiger partial charge in [-0.25, -0.2) is 0 Å². The van der Waals surface area contributed by atoms with E-state index in [1.165, 1.54) is 32.1 Å². The number of methoxy groups -OCH3 is 1. The summed E-state index contributed by atoms with van der Waals surface area (Å²) in [6.45, 7) is 2.23. The predicted octanol–water partition coefficient (Wildman–Crippen LogP) is 4.48. The summed E-state index contributed by atoms with van der Waals surface area (Å²) in [5.74, 6) is 0.838. The summed E-state index contributed by atoms with van der Waals surface area (Å²) in [6.07, 6.45) is 8.11. The first-order valence-electron chi connectivity index (χ1n) is 7.10. The second-order valence-electron chi connectivity index (χ2n) is 4.85. The van der Waals surface area contributed by atoms with Crippen LogP contribution in [0, 0.1) is 0 Å². The second kappa shape index (κ2) is 8.98. The van der Waals surface area contributed by atoms with Gasteiger partial charge in [0.2, 0.25) is 0 Å². The molecular formula is C16H26O2. The fourth-order valence-corrected chi connectivity index (χ4v) is 2.11. The molecule has 1 aromatic carbocycles. The van der Waals surface area contributed by atoms with Crippen LogP contribution in [0.2, 0.25) is 0 Å². The number of hydrogen-bond donors (Lipinski definition) is 1. The molecule has 1 unspecified atom stereocenters. The van der Waals surface area contributed by atoms with Crippen LogP contribution in [0.5, 0.6) is 5.75 Å². The highest BCUT2D eigenvalue weighted by Gasteiger charge is 2.06. The molecule has 0 aliphatic carbocycles. The van der Waals surface area contributed by atoms with E-state index in [1.807, 2.05) is 24.3 Å². The molecule has 18 heavy (non-hydrogen) atoms. The van der Waals surface area contributed by atoms with Crippen LogP contribution in [0.1, 0.15) is 63.5 Å². The SMILES string of the molecule is CCCCCCCCC(O)c1ccc(OC)cc1. The van der Waals surface area contributed by atoms with Gasteiger partial charge in [-0.2, -0.15) is 0 Å². The first-order valence-corrected chi connectivity index (χ1v) is 7.10. The maximum atomic E-state index is 10.0. The average molecular weight is 250 g/mol. The van der Waals surface area contributed by atoms with Gasteiger partial charge in [-0.15, -0.1) is 0 Å². The first-order chi connectivity index (χ1) is 8.77. The van der Waals surface area contributed by atoms with Crippen LogP contribution in [-0.2, 0) is 0 Å². The molecule has 1 aromatic rings. The number of rotatable bonds is 9. The van der Waals surface area contributed by atoms with E-state index in [9.17, 15) is 5.11 Å².